The van der Waals surface area contributed by atoms with Crippen molar-refractivity contribution in [2.24, 2.45) is 0 Å². The van der Waals surface area contributed by atoms with Gasteiger partial charge in [0.05, 0.1) is 12.7 Å². The fourth-order valence-electron chi connectivity index (χ4n) is 1.20. The molecule has 1 aromatic rings. The maximum absolute atomic E-state index is 12.4. The Kier molecular flexibility index (Phi) is 5.29. The Balaban J connectivity index is 2.62. The van der Waals surface area contributed by atoms with Crippen LogP contribution in [0, 0.1) is 0 Å². The molecule has 1 N–H and O–H groups in total. The van der Waals surface area contributed by atoms with Gasteiger partial charge in [-0.2, -0.15) is 13.2 Å². The van der Waals surface area contributed by atoms with E-state index in [2.05, 4.69) is 15.3 Å². The number of alkyl halides is 3. The summed E-state index contributed by atoms with van der Waals surface area (Å²) in [6, 6.07) is 0.814. The number of rotatable bonds is 6. The van der Waals surface area contributed by atoms with E-state index >= 15 is 0 Å². The third-order valence-electron chi connectivity index (χ3n) is 2.12. The van der Waals surface area contributed by atoms with Crippen molar-refractivity contribution in [3.63, 3.8) is 0 Å². The standard InChI is InChI=1S/C10H14F3N3O2/c1-17-6-7(18-2)5-15-9-14-4-3-8(16-9)10(11,12)13/h3-4,7H,5-6H2,1-2H3,(H,14,15,16). The van der Waals surface area contributed by atoms with Gasteiger partial charge in [-0.1, -0.05) is 0 Å². The van der Waals surface area contributed by atoms with Gasteiger partial charge in [-0.05, 0) is 6.07 Å². The minimum absolute atomic E-state index is 0.0945. The van der Waals surface area contributed by atoms with Crippen molar-refractivity contribution in [2.75, 3.05) is 32.7 Å². The molecule has 5 nitrogen and oxygen atoms in total. The molecule has 0 bridgehead atoms. The number of anilines is 1. The highest BCUT2D eigenvalue weighted by atomic mass is 19.4. The van der Waals surface area contributed by atoms with E-state index in [-0.39, 0.29) is 18.6 Å². The van der Waals surface area contributed by atoms with E-state index in [1.165, 1.54) is 14.2 Å². The zero-order valence-corrected chi connectivity index (χ0v) is 9.99. The zero-order chi connectivity index (χ0) is 13.6. The van der Waals surface area contributed by atoms with Gasteiger partial charge in [0.15, 0.2) is 0 Å². The van der Waals surface area contributed by atoms with Crippen LogP contribution in [-0.2, 0) is 15.7 Å². The topological polar surface area (TPSA) is 56.3 Å². The monoisotopic (exact) mass is 265 g/mol. The molecule has 0 spiro atoms. The largest absolute Gasteiger partial charge is 0.433 e. The summed E-state index contributed by atoms with van der Waals surface area (Å²) in [4.78, 5) is 7.07. The Hall–Kier alpha value is -1.41. The van der Waals surface area contributed by atoms with Crippen LogP contribution in [0.25, 0.3) is 0 Å². The molecule has 1 aromatic heterocycles. The van der Waals surface area contributed by atoms with E-state index in [1.807, 2.05) is 0 Å². The van der Waals surface area contributed by atoms with Crippen molar-refractivity contribution >= 4 is 5.95 Å². The first kappa shape index (κ1) is 14.7. The summed E-state index contributed by atoms with van der Waals surface area (Å²) in [7, 11) is 2.99. The Morgan fingerprint density at radius 1 is 1.39 bits per heavy atom. The smallest absolute Gasteiger partial charge is 0.382 e. The summed E-state index contributed by atoms with van der Waals surface area (Å²) in [5.41, 5.74) is -0.985. The second-order valence-electron chi connectivity index (χ2n) is 3.46. The highest BCUT2D eigenvalue weighted by Crippen LogP contribution is 2.27. The molecule has 8 heteroatoms. The second kappa shape index (κ2) is 6.50. The van der Waals surface area contributed by atoms with Crippen molar-refractivity contribution in [3.8, 4) is 0 Å². The first-order chi connectivity index (χ1) is 8.47. The molecule has 0 aliphatic carbocycles. The van der Waals surface area contributed by atoms with Gasteiger partial charge in [0.25, 0.3) is 0 Å². The molecule has 0 fully saturated rings. The second-order valence-corrected chi connectivity index (χ2v) is 3.46. The quantitative estimate of drug-likeness (QED) is 0.846. The van der Waals surface area contributed by atoms with Gasteiger partial charge in [0.2, 0.25) is 5.95 Å². The maximum Gasteiger partial charge on any atom is 0.433 e. The van der Waals surface area contributed by atoms with Crippen LogP contribution >= 0.6 is 0 Å². The fraction of sp³-hybridized carbons (Fsp3) is 0.600. The summed E-state index contributed by atoms with van der Waals surface area (Å²) in [5, 5.41) is 2.67. The fourth-order valence-corrected chi connectivity index (χ4v) is 1.20. The van der Waals surface area contributed by atoms with Crippen LogP contribution in [0.1, 0.15) is 5.69 Å². The van der Waals surface area contributed by atoms with E-state index in [0.29, 0.717) is 6.61 Å². The molecule has 0 amide bonds. The number of halogens is 3. The van der Waals surface area contributed by atoms with Crippen LogP contribution in [0.5, 0.6) is 0 Å². The van der Waals surface area contributed by atoms with Gasteiger partial charge < -0.3 is 14.8 Å². The number of nitrogens with zero attached hydrogens (tertiary/aromatic N) is 2. The number of hydrogen-bond acceptors (Lipinski definition) is 5. The minimum Gasteiger partial charge on any atom is -0.382 e. The van der Waals surface area contributed by atoms with Crippen molar-refractivity contribution in [3.05, 3.63) is 18.0 Å². The molecule has 0 radical (unpaired) electrons. The molecule has 102 valence electrons. The summed E-state index contributed by atoms with van der Waals surface area (Å²) >= 11 is 0. The molecule has 18 heavy (non-hydrogen) atoms. The third-order valence-corrected chi connectivity index (χ3v) is 2.12. The lowest BCUT2D eigenvalue weighted by molar-refractivity contribution is -0.141. The van der Waals surface area contributed by atoms with E-state index in [4.69, 9.17) is 9.47 Å². The number of aromatic nitrogens is 2. The Bertz CT molecular complexity index is 374. The molecule has 1 rings (SSSR count). The van der Waals surface area contributed by atoms with Gasteiger partial charge in [0.1, 0.15) is 5.69 Å². The predicted octanol–water partition coefficient (Wildman–Crippen LogP) is 1.57. The van der Waals surface area contributed by atoms with Gasteiger partial charge >= 0.3 is 6.18 Å². The molecule has 0 saturated carbocycles. The summed E-state index contributed by atoms with van der Waals surface area (Å²) < 4.78 is 47.1. The van der Waals surface area contributed by atoms with Gasteiger partial charge in [-0.3, -0.25) is 0 Å². The zero-order valence-electron chi connectivity index (χ0n) is 9.99. The molecule has 0 aromatic carbocycles. The average molecular weight is 265 g/mol. The molecule has 0 saturated heterocycles. The van der Waals surface area contributed by atoms with Crippen molar-refractivity contribution in [1.29, 1.82) is 0 Å². The van der Waals surface area contributed by atoms with Crippen LogP contribution in [0.2, 0.25) is 0 Å². The lowest BCUT2D eigenvalue weighted by Crippen LogP contribution is -2.27. The molecular formula is C10H14F3N3O2. The number of methoxy groups -OCH3 is 2. The number of nitrogens with one attached hydrogen (secondary N) is 1. The molecule has 0 aliphatic heterocycles. The first-order valence-corrected chi connectivity index (χ1v) is 5.13. The van der Waals surface area contributed by atoms with Crippen molar-refractivity contribution in [2.45, 2.75) is 12.3 Å². The maximum atomic E-state index is 12.4. The summed E-state index contributed by atoms with van der Waals surface area (Å²) in [6.07, 6.45) is -3.71. The van der Waals surface area contributed by atoms with Crippen LogP contribution < -0.4 is 5.32 Å². The Labute approximate surface area is 102 Å². The van der Waals surface area contributed by atoms with E-state index in [0.717, 1.165) is 12.3 Å². The number of hydrogen-bond donors (Lipinski definition) is 1. The van der Waals surface area contributed by atoms with Crippen molar-refractivity contribution < 1.29 is 22.6 Å². The van der Waals surface area contributed by atoms with Gasteiger partial charge in [-0.25, -0.2) is 9.97 Å². The highest BCUT2D eigenvalue weighted by Gasteiger charge is 2.32. The number of ether oxygens (including phenoxy) is 2. The highest BCUT2D eigenvalue weighted by molar-refractivity contribution is 5.26. The van der Waals surface area contributed by atoms with Gasteiger partial charge in [0, 0.05) is 27.0 Å². The van der Waals surface area contributed by atoms with E-state index < -0.39 is 11.9 Å². The molecular weight excluding hydrogens is 251 g/mol. The average Bonchev–Trinajstić information content (AvgIpc) is 2.34. The van der Waals surface area contributed by atoms with Crippen LogP contribution in [0.4, 0.5) is 19.1 Å². The SMILES string of the molecule is COCC(CNc1nccc(C(F)(F)F)n1)OC. The Morgan fingerprint density at radius 3 is 2.67 bits per heavy atom. The summed E-state index contributed by atoms with van der Waals surface area (Å²) in [5.74, 6) is -0.0945. The van der Waals surface area contributed by atoms with E-state index in [1.54, 1.807) is 0 Å². The molecule has 0 aliphatic rings. The normalized spacial score (nSPS) is 13.4. The lowest BCUT2D eigenvalue weighted by atomic mass is 10.3. The van der Waals surface area contributed by atoms with Crippen LogP contribution in [-0.4, -0.2) is 43.4 Å². The lowest BCUT2D eigenvalue weighted by Gasteiger charge is -2.15. The van der Waals surface area contributed by atoms with Crippen LogP contribution in [0.15, 0.2) is 12.3 Å². The summed E-state index contributed by atoms with van der Waals surface area (Å²) in [6.45, 7) is 0.577. The molecule has 1 heterocycles. The molecule has 1 atom stereocenters. The Morgan fingerprint density at radius 2 is 2.11 bits per heavy atom. The molecule has 1 unspecified atom stereocenters. The third kappa shape index (κ3) is 4.46. The first-order valence-electron chi connectivity index (χ1n) is 5.13. The van der Waals surface area contributed by atoms with Crippen molar-refractivity contribution in [1.82, 2.24) is 9.97 Å². The van der Waals surface area contributed by atoms with Crippen LogP contribution in [0.3, 0.4) is 0 Å². The predicted molar refractivity (Wildman–Crippen MR) is 58.2 cm³/mol. The van der Waals surface area contributed by atoms with Gasteiger partial charge in [-0.15, -0.1) is 0 Å². The minimum atomic E-state index is -4.48. The van der Waals surface area contributed by atoms with E-state index in [9.17, 15) is 13.2 Å².